The topological polar surface area (TPSA) is 89.4 Å². The van der Waals surface area contributed by atoms with E-state index in [9.17, 15) is 13.2 Å². The van der Waals surface area contributed by atoms with E-state index in [1.54, 1.807) is 31.4 Å². The summed E-state index contributed by atoms with van der Waals surface area (Å²) in [5.74, 6) is 0.488. The maximum Gasteiger partial charge on any atom is 0.244 e. The summed E-state index contributed by atoms with van der Waals surface area (Å²) in [5, 5.41) is 3.72. The normalized spacial score (nSPS) is 11.3. The van der Waals surface area contributed by atoms with Crippen LogP contribution in [0.2, 0.25) is 0 Å². The van der Waals surface area contributed by atoms with Crippen LogP contribution < -0.4 is 14.8 Å². The van der Waals surface area contributed by atoms with Crippen molar-refractivity contribution in [1.29, 1.82) is 0 Å². The number of sulfonamides is 1. The first-order chi connectivity index (χ1) is 12.4. The van der Waals surface area contributed by atoms with Gasteiger partial charge in [0.1, 0.15) is 12.3 Å². The molecule has 0 unspecified atom stereocenters. The minimum Gasteiger partial charge on any atom is -0.497 e. The maximum atomic E-state index is 12.4. The Kier molecular flexibility index (Phi) is 4.85. The number of hydrogen-bond acceptors (Lipinski definition) is 4. The maximum absolute atomic E-state index is 12.4. The Morgan fingerprint density at radius 2 is 1.85 bits per heavy atom. The van der Waals surface area contributed by atoms with Crippen molar-refractivity contribution in [2.75, 3.05) is 23.4 Å². The number of benzene rings is 2. The van der Waals surface area contributed by atoms with Gasteiger partial charge >= 0.3 is 0 Å². The number of para-hydroxylation sites is 2. The summed E-state index contributed by atoms with van der Waals surface area (Å²) in [7, 11) is -1.83. The molecule has 0 bridgehead atoms. The molecule has 1 aromatic heterocycles. The van der Waals surface area contributed by atoms with Gasteiger partial charge in [0.25, 0.3) is 0 Å². The highest BCUT2D eigenvalue weighted by atomic mass is 32.2. The first kappa shape index (κ1) is 17.8. The average molecular weight is 373 g/mol. The number of amides is 1. The second kappa shape index (κ2) is 7.09. The van der Waals surface area contributed by atoms with Gasteiger partial charge in [-0.15, -0.1) is 0 Å². The lowest BCUT2D eigenvalue weighted by Crippen LogP contribution is -2.20. The summed E-state index contributed by atoms with van der Waals surface area (Å²) in [6.07, 6.45) is 2.89. The molecule has 2 aromatic carbocycles. The van der Waals surface area contributed by atoms with E-state index in [-0.39, 0.29) is 12.5 Å². The molecule has 1 amide bonds. The first-order valence-electron chi connectivity index (χ1n) is 7.85. The molecule has 7 nitrogen and oxygen atoms in total. The third-order valence-electron chi connectivity index (χ3n) is 3.79. The van der Waals surface area contributed by atoms with Crippen LogP contribution in [0.15, 0.2) is 54.7 Å². The van der Waals surface area contributed by atoms with Gasteiger partial charge in [0.05, 0.1) is 24.7 Å². The van der Waals surface area contributed by atoms with Crippen LogP contribution in [0.1, 0.15) is 0 Å². The number of nitrogens with one attached hydrogen (secondary N) is 2. The van der Waals surface area contributed by atoms with Crippen molar-refractivity contribution in [3.63, 3.8) is 0 Å². The van der Waals surface area contributed by atoms with Crippen LogP contribution in [0.3, 0.4) is 0 Å². The number of aromatic nitrogens is 1. The van der Waals surface area contributed by atoms with Crippen LogP contribution in [0, 0.1) is 0 Å². The van der Waals surface area contributed by atoms with Crippen molar-refractivity contribution < 1.29 is 17.9 Å². The highest BCUT2D eigenvalue weighted by Crippen LogP contribution is 2.24. The Balaban J connectivity index is 1.78. The number of fused-ring (bicyclic) bond motifs is 1. The summed E-state index contributed by atoms with van der Waals surface area (Å²) in [6, 6.07) is 14.2. The fraction of sp³-hybridized carbons (Fsp3) is 0.167. The van der Waals surface area contributed by atoms with Gasteiger partial charge in [0.2, 0.25) is 15.9 Å². The quantitative estimate of drug-likeness (QED) is 0.695. The number of carbonyl (C=O) groups excluding carboxylic acids is 1. The predicted molar refractivity (Wildman–Crippen MR) is 102 cm³/mol. The molecule has 0 fully saturated rings. The monoisotopic (exact) mass is 373 g/mol. The molecular weight excluding hydrogens is 354 g/mol. The molecule has 0 saturated carbocycles. The summed E-state index contributed by atoms with van der Waals surface area (Å²) in [4.78, 5) is 12.4. The standard InChI is InChI=1S/C18H19N3O4S/c1-25-14-7-8-17-13(11-14)9-10-21(17)12-18(22)19-15-5-3-4-6-16(15)20-26(2,23)24/h3-11,20H,12H2,1-2H3,(H,19,22). The van der Waals surface area contributed by atoms with E-state index < -0.39 is 10.0 Å². The SMILES string of the molecule is COc1ccc2c(ccn2CC(=O)Nc2ccccc2NS(C)(=O)=O)c1. The second-order valence-corrected chi connectivity index (χ2v) is 7.58. The van der Waals surface area contributed by atoms with Crippen LogP contribution in [0.5, 0.6) is 5.75 Å². The Morgan fingerprint density at radius 3 is 2.54 bits per heavy atom. The Morgan fingerprint density at radius 1 is 1.12 bits per heavy atom. The number of rotatable bonds is 6. The molecule has 0 radical (unpaired) electrons. The molecule has 0 atom stereocenters. The number of methoxy groups -OCH3 is 1. The van der Waals surface area contributed by atoms with Gasteiger partial charge in [-0.05, 0) is 36.4 Å². The number of carbonyl (C=O) groups is 1. The first-order valence-corrected chi connectivity index (χ1v) is 9.74. The highest BCUT2D eigenvalue weighted by molar-refractivity contribution is 7.92. The highest BCUT2D eigenvalue weighted by Gasteiger charge is 2.11. The van der Waals surface area contributed by atoms with E-state index in [0.29, 0.717) is 11.4 Å². The minimum atomic E-state index is -3.44. The average Bonchev–Trinajstić information content (AvgIpc) is 2.97. The van der Waals surface area contributed by atoms with Gasteiger partial charge in [-0.1, -0.05) is 12.1 Å². The molecule has 2 N–H and O–H groups in total. The lowest BCUT2D eigenvalue weighted by atomic mass is 10.2. The lowest BCUT2D eigenvalue weighted by molar-refractivity contribution is -0.116. The largest absolute Gasteiger partial charge is 0.497 e. The molecule has 0 saturated heterocycles. The van der Waals surface area contributed by atoms with Crippen molar-refractivity contribution in [1.82, 2.24) is 4.57 Å². The summed E-state index contributed by atoms with van der Waals surface area (Å²) in [5.41, 5.74) is 1.63. The zero-order valence-corrected chi connectivity index (χ0v) is 15.2. The van der Waals surface area contributed by atoms with Gasteiger partial charge in [0.15, 0.2) is 0 Å². The number of ether oxygens (including phenoxy) is 1. The van der Waals surface area contributed by atoms with Gasteiger partial charge in [-0.3, -0.25) is 9.52 Å². The predicted octanol–water partition coefficient (Wildman–Crippen LogP) is 2.66. The molecule has 0 aliphatic heterocycles. The molecule has 26 heavy (non-hydrogen) atoms. The molecule has 1 heterocycles. The summed E-state index contributed by atoms with van der Waals surface area (Å²) < 4.78 is 32.3. The van der Waals surface area contributed by atoms with Crippen molar-refractivity contribution in [2.24, 2.45) is 0 Å². The van der Waals surface area contributed by atoms with Crippen LogP contribution in [-0.4, -0.2) is 32.3 Å². The Bertz CT molecular complexity index is 1060. The molecule has 0 aliphatic rings. The van der Waals surface area contributed by atoms with Gasteiger partial charge in [0, 0.05) is 17.1 Å². The molecule has 8 heteroatoms. The molecule has 3 aromatic rings. The van der Waals surface area contributed by atoms with Crippen LogP contribution in [0.25, 0.3) is 10.9 Å². The van der Waals surface area contributed by atoms with Crippen molar-refractivity contribution in [3.8, 4) is 5.75 Å². The smallest absolute Gasteiger partial charge is 0.244 e. The second-order valence-electron chi connectivity index (χ2n) is 5.84. The lowest BCUT2D eigenvalue weighted by Gasteiger charge is -2.12. The fourth-order valence-corrected chi connectivity index (χ4v) is 3.25. The molecular formula is C18H19N3O4S. The van der Waals surface area contributed by atoms with E-state index in [1.165, 1.54) is 0 Å². The van der Waals surface area contributed by atoms with Gasteiger partial charge in [-0.25, -0.2) is 8.42 Å². The number of hydrogen-bond donors (Lipinski definition) is 2. The zero-order chi connectivity index (χ0) is 18.7. The molecule has 0 spiro atoms. The third-order valence-corrected chi connectivity index (χ3v) is 4.38. The van der Waals surface area contributed by atoms with E-state index in [2.05, 4.69) is 10.0 Å². The number of anilines is 2. The third kappa shape index (κ3) is 4.15. The van der Waals surface area contributed by atoms with Crippen LogP contribution in [-0.2, 0) is 21.4 Å². The zero-order valence-electron chi connectivity index (χ0n) is 14.4. The van der Waals surface area contributed by atoms with E-state index in [1.807, 2.05) is 35.0 Å². The van der Waals surface area contributed by atoms with Crippen LogP contribution in [0.4, 0.5) is 11.4 Å². The van der Waals surface area contributed by atoms with Gasteiger partial charge < -0.3 is 14.6 Å². The van der Waals surface area contributed by atoms with Crippen molar-refractivity contribution >= 4 is 38.2 Å². The Hall–Kier alpha value is -3.00. The summed E-state index contributed by atoms with van der Waals surface area (Å²) in [6.45, 7) is 0.100. The Labute approximate surface area is 151 Å². The fourth-order valence-electron chi connectivity index (χ4n) is 2.67. The summed E-state index contributed by atoms with van der Waals surface area (Å²) >= 11 is 0. The van der Waals surface area contributed by atoms with Crippen LogP contribution >= 0.6 is 0 Å². The van der Waals surface area contributed by atoms with Gasteiger partial charge in [-0.2, -0.15) is 0 Å². The van der Waals surface area contributed by atoms with Crippen molar-refractivity contribution in [3.05, 3.63) is 54.7 Å². The molecule has 0 aliphatic carbocycles. The van der Waals surface area contributed by atoms with E-state index in [4.69, 9.17) is 4.74 Å². The molecule has 3 rings (SSSR count). The minimum absolute atomic E-state index is 0.100. The molecule has 136 valence electrons. The van der Waals surface area contributed by atoms with Crippen molar-refractivity contribution in [2.45, 2.75) is 6.54 Å². The number of nitrogens with zero attached hydrogens (tertiary/aromatic N) is 1. The van der Waals surface area contributed by atoms with E-state index in [0.717, 1.165) is 22.9 Å². The van der Waals surface area contributed by atoms with E-state index >= 15 is 0 Å².